The van der Waals surface area contributed by atoms with Crippen molar-refractivity contribution < 1.29 is 0 Å². The number of benzene rings is 1. The smallest absolute Gasteiger partial charge is 0.0795 e. The van der Waals surface area contributed by atoms with Gasteiger partial charge in [-0.05, 0) is 18.6 Å². The van der Waals surface area contributed by atoms with Crippen LogP contribution in [0, 0.1) is 0 Å². The van der Waals surface area contributed by atoms with Crippen molar-refractivity contribution in [3.05, 3.63) is 46.4 Å². The molecule has 1 atom stereocenters. The van der Waals surface area contributed by atoms with E-state index in [-0.39, 0.29) is 6.04 Å². The number of nitrogens with two attached hydrogens (primary N) is 1. The lowest BCUT2D eigenvalue weighted by molar-refractivity contribution is 0.798. The molecule has 0 saturated carbocycles. The first-order valence-electron chi connectivity index (χ1n) is 5.61. The molecule has 0 aliphatic heterocycles. The maximum atomic E-state index is 5.99. The van der Waals surface area contributed by atoms with Crippen molar-refractivity contribution in [3.63, 3.8) is 0 Å². The predicted octanol–water partition coefficient (Wildman–Crippen LogP) is 2.80. The summed E-state index contributed by atoms with van der Waals surface area (Å²) in [6.45, 7) is 2.82. The summed E-state index contributed by atoms with van der Waals surface area (Å²) in [4.78, 5) is 6.49. The molecule has 0 aliphatic carbocycles. The van der Waals surface area contributed by atoms with Gasteiger partial charge < -0.3 is 10.6 Å². The molecule has 2 N–H and O–H groups in total. The van der Waals surface area contributed by atoms with Gasteiger partial charge in [-0.1, -0.05) is 18.2 Å². The lowest BCUT2D eigenvalue weighted by Crippen LogP contribution is -2.20. The number of nitrogens with zero attached hydrogens (tertiary/aromatic N) is 2. The Morgan fingerprint density at radius 3 is 2.82 bits per heavy atom. The van der Waals surface area contributed by atoms with Gasteiger partial charge in [-0.2, -0.15) is 0 Å². The molecular formula is C13H17N3S. The van der Waals surface area contributed by atoms with Crippen molar-refractivity contribution in [2.75, 3.05) is 11.9 Å². The fourth-order valence-electron chi connectivity index (χ4n) is 1.86. The van der Waals surface area contributed by atoms with E-state index in [0.717, 1.165) is 12.2 Å². The minimum atomic E-state index is 0.0454. The molecule has 0 spiro atoms. The van der Waals surface area contributed by atoms with Gasteiger partial charge in [-0.25, -0.2) is 4.98 Å². The number of aromatic nitrogens is 1. The van der Waals surface area contributed by atoms with Crippen LogP contribution in [0.2, 0.25) is 0 Å². The highest BCUT2D eigenvalue weighted by Crippen LogP contribution is 2.25. The molecule has 0 radical (unpaired) electrons. The molecule has 4 heteroatoms. The molecule has 2 aromatic rings. The average Bonchev–Trinajstić information content (AvgIpc) is 2.81. The van der Waals surface area contributed by atoms with E-state index in [0.29, 0.717) is 0 Å². The summed E-state index contributed by atoms with van der Waals surface area (Å²) in [5.41, 5.74) is 11.3. The van der Waals surface area contributed by atoms with Crippen LogP contribution < -0.4 is 10.6 Å². The normalized spacial score (nSPS) is 12.4. The van der Waals surface area contributed by atoms with Crippen molar-refractivity contribution in [2.45, 2.75) is 19.5 Å². The van der Waals surface area contributed by atoms with Crippen molar-refractivity contribution in [3.8, 4) is 0 Å². The SMILES string of the molecule is CC(N)c1ccccc1N(C)Cc1cscn1. The van der Waals surface area contributed by atoms with Crippen LogP contribution in [0.5, 0.6) is 0 Å². The van der Waals surface area contributed by atoms with Crippen LogP contribution in [0.15, 0.2) is 35.2 Å². The summed E-state index contributed by atoms with van der Waals surface area (Å²) in [7, 11) is 2.07. The van der Waals surface area contributed by atoms with Crippen LogP contribution in [0.3, 0.4) is 0 Å². The molecule has 1 aromatic carbocycles. The van der Waals surface area contributed by atoms with Crippen LogP contribution >= 0.6 is 11.3 Å². The molecule has 17 heavy (non-hydrogen) atoms. The molecule has 1 unspecified atom stereocenters. The molecule has 3 nitrogen and oxygen atoms in total. The quantitative estimate of drug-likeness (QED) is 0.903. The zero-order valence-electron chi connectivity index (χ0n) is 10.1. The van der Waals surface area contributed by atoms with E-state index in [1.54, 1.807) is 11.3 Å². The average molecular weight is 247 g/mol. The number of thiazole rings is 1. The lowest BCUT2D eigenvalue weighted by atomic mass is 10.1. The molecule has 0 aliphatic rings. The van der Waals surface area contributed by atoms with E-state index >= 15 is 0 Å². The van der Waals surface area contributed by atoms with Crippen LogP contribution in [-0.2, 0) is 6.54 Å². The van der Waals surface area contributed by atoms with Gasteiger partial charge >= 0.3 is 0 Å². The Kier molecular flexibility index (Phi) is 3.76. The summed E-state index contributed by atoms with van der Waals surface area (Å²) < 4.78 is 0. The maximum Gasteiger partial charge on any atom is 0.0795 e. The van der Waals surface area contributed by atoms with E-state index in [1.165, 1.54) is 11.3 Å². The van der Waals surface area contributed by atoms with Crippen molar-refractivity contribution >= 4 is 17.0 Å². The van der Waals surface area contributed by atoms with Crippen LogP contribution in [0.4, 0.5) is 5.69 Å². The highest BCUT2D eigenvalue weighted by molar-refractivity contribution is 7.07. The molecule has 2 rings (SSSR count). The molecule has 0 amide bonds. The third kappa shape index (κ3) is 2.84. The maximum absolute atomic E-state index is 5.99. The van der Waals surface area contributed by atoms with Gasteiger partial charge in [0.05, 0.1) is 17.7 Å². The van der Waals surface area contributed by atoms with Gasteiger partial charge in [0.1, 0.15) is 0 Å². The first-order chi connectivity index (χ1) is 8.18. The minimum Gasteiger partial charge on any atom is -0.368 e. The Bertz CT molecular complexity index is 465. The van der Waals surface area contributed by atoms with Gasteiger partial charge in [-0.3, -0.25) is 0 Å². The summed E-state index contributed by atoms with van der Waals surface area (Å²) >= 11 is 1.62. The number of hydrogen-bond donors (Lipinski definition) is 1. The molecule has 90 valence electrons. The lowest BCUT2D eigenvalue weighted by Gasteiger charge is -2.23. The summed E-state index contributed by atoms with van der Waals surface area (Å²) in [6.07, 6.45) is 0. The standard InChI is InChI=1S/C13H17N3S/c1-10(14)12-5-3-4-6-13(12)16(2)7-11-8-17-9-15-11/h3-6,8-10H,7,14H2,1-2H3. The van der Waals surface area contributed by atoms with E-state index in [2.05, 4.69) is 34.4 Å². The largest absolute Gasteiger partial charge is 0.368 e. The fourth-order valence-corrected chi connectivity index (χ4v) is 2.41. The van der Waals surface area contributed by atoms with Crippen molar-refractivity contribution in [1.29, 1.82) is 0 Å². The van der Waals surface area contributed by atoms with E-state index in [9.17, 15) is 0 Å². The number of hydrogen-bond acceptors (Lipinski definition) is 4. The molecule has 0 fully saturated rings. The zero-order valence-corrected chi connectivity index (χ0v) is 10.9. The Labute approximate surface area is 106 Å². The Hall–Kier alpha value is -1.39. The number of anilines is 1. The number of rotatable bonds is 4. The van der Waals surface area contributed by atoms with Crippen LogP contribution in [0.25, 0.3) is 0 Å². The highest BCUT2D eigenvalue weighted by Gasteiger charge is 2.10. The summed E-state index contributed by atoms with van der Waals surface area (Å²) in [5.74, 6) is 0. The third-order valence-electron chi connectivity index (χ3n) is 2.72. The van der Waals surface area contributed by atoms with Gasteiger partial charge in [-0.15, -0.1) is 11.3 Å². The molecule has 0 bridgehead atoms. The van der Waals surface area contributed by atoms with Crippen LogP contribution in [-0.4, -0.2) is 12.0 Å². The van der Waals surface area contributed by atoms with Gasteiger partial charge in [0.2, 0.25) is 0 Å². The van der Waals surface area contributed by atoms with E-state index < -0.39 is 0 Å². The Balaban J connectivity index is 2.21. The van der Waals surface area contributed by atoms with Crippen molar-refractivity contribution in [2.24, 2.45) is 5.73 Å². The van der Waals surface area contributed by atoms with E-state index in [4.69, 9.17) is 5.73 Å². The third-order valence-corrected chi connectivity index (χ3v) is 3.36. The number of para-hydroxylation sites is 1. The van der Waals surface area contributed by atoms with E-state index in [1.807, 2.05) is 24.6 Å². The van der Waals surface area contributed by atoms with Gasteiger partial charge in [0.15, 0.2) is 0 Å². The molecule has 1 heterocycles. The predicted molar refractivity (Wildman–Crippen MR) is 73.3 cm³/mol. The monoisotopic (exact) mass is 247 g/mol. The summed E-state index contributed by atoms with van der Waals surface area (Å²) in [6, 6.07) is 8.30. The second-order valence-electron chi connectivity index (χ2n) is 4.18. The minimum absolute atomic E-state index is 0.0454. The second kappa shape index (κ2) is 5.29. The highest BCUT2D eigenvalue weighted by atomic mass is 32.1. The molecule has 1 aromatic heterocycles. The topological polar surface area (TPSA) is 42.1 Å². The Morgan fingerprint density at radius 1 is 1.41 bits per heavy atom. The first kappa shape index (κ1) is 12.1. The zero-order chi connectivity index (χ0) is 12.3. The first-order valence-corrected chi connectivity index (χ1v) is 6.55. The summed E-state index contributed by atoms with van der Waals surface area (Å²) in [5, 5.41) is 2.07. The molecule has 0 saturated heterocycles. The molecular weight excluding hydrogens is 230 g/mol. The Morgan fingerprint density at radius 2 is 2.18 bits per heavy atom. The van der Waals surface area contributed by atoms with Crippen LogP contribution in [0.1, 0.15) is 24.2 Å². The van der Waals surface area contributed by atoms with Gasteiger partial charge in [0.25, 0.3) is 0 Å². The fraction of sp³-hybridized carbons (Fsp3) is 0.308. The van der Waals surface area contributed by atoms with Crippen molar-refractivity contribution in [1.82, 2.24) is 4.98 Å². The second-order valence-corrected chi connectivity index (χ2v) is 4.90. The van der Waals surface area contributed by atoms with Gasteiger partial charge in [0, 0.05) is 24.2 Å².